The van der Waals surface area contributed by atoms with Crippen LogP contribution in [0.5, 0.6) is 0 Å². The summed E-state index contributed by atoms with van der Waals surface area (Å²) in [6.07, 6.45) is 2.70. The molecule has 0 unspecified atom stereocenters. The molecule has 23 heavy (non-hydrogen) atoms. The van der Waals surface area contributed by atoms with Gasteiger partial charge in [-0.25, -0.2) is 8.42 Å². The molecule has 1 aromatic rings. The quantitative estimate of drug-likeness (QED) is 0.823. The number of sulfonamides is 1. The van der Waals surface area contributed by atoms with E-state index < -0.39 is 15.9 Å². The normalized spacial score (nSPS) is 16.3. The average Bonchev–Trinajstić information content (AvgIpc) is 2.44. The highest BCUT2D eigenvalue weighted by Crippen LogP contribution is 2.21. The fraction of sp³-hybridized carbons (Fsp3) is 0.533. The molecule has 1 N–H and O–H groups in total. The first-order valence-corrected chi connectivity index (χ1v) is 9.81. The van der Waals surface area contributed by atoms with Crippen LogP contribution < -0.4 is 4.72 Å². The van der Waals surface area contributed by atoms with Crippen molar-refractivity contribution in [2.75, 3.05) is 13.2 Å². The van der Waals surface area contributed by atoms with E-state index in [-0.39, 0.29) is 12.2 Å². The molecule has 1 aromatic carbocycles. The third-order valence-corrected chi connectivity index (χ3v) is 5.36. The Morgan fingerprint density at radius 1 is 1.17 bits per heavy atom. The highest BCUT2D eigenvalue weighted by atomic mass is 35.5. The largest absolute Gasteiger partial charge is 0.381 e. The fourth-order valence-corrected chi connectivity index (χ4v) is 4.24. The lowest BCUT2D eigenvalue weighted by Crippen LogP contribution is -2.32. The van der Waals surface area contributed by atoms with Crippen LogP contribution in [-0.2, 0) is 25.3 Å². The standard InChI is InChI=1S/C15H19Cl2NO4S/c16-13-7-12(8-14(17)9-13)10-23(20,21)18-15(19)2-1-11-3-5-22-6-4-11/h7-9,11H,1-6,10H2,(H,18,19). The van der Waals surface area contributed by atoms with Crippen molar-refractivity contribution in [1.29, 1.82) is 0 Å². The van der Waals surface area contributed by atoms with E-state index in [0.717, 1.165) is 12.8 Å². The lowest BCUT2D eigenvalue weighted by atomic mass is 9.95. The molecule has 0 bridgehead atoms. The van der Waals surface area contributed by atoms with Crippen LogP contribution in [0.1, 0.15) is 31.2 Å². The molecule has 1 fully saturated rings. The molecule has 1 saturated heterocycles. The van der Waals surface area contributed by atoms with Gasteiger partial charge in [0.25, 0.3) is 0 Å². The number of hydrogen-bond acceptors (Lipinski definition) is 4. The van der Waals surface area contributed by atoms with Crippen LogP contribution in [0.3, 0.4) is 0 Å². The Morgan fingerprint density at radius 2 is 1.78 bits per heavy atom. The van der Waals surface area contributed by atoms with Crippen LogP contribution in [0.25, 0.3) is 0 Å². The number of ether oxygens (including phenoxy) is 1. The van der Waals surface area contributed by atoms with E-state index in [0.29, 0.717) is 41.2 Å². The summed E-state index contributed by atoms with van der Waals surface area (Å²) in [5.74, 6) is -0.399. The Labute approximate surface area is 146 Å². The third-order valence-electron chi connectivity index (χ3n) is 3.67. The molecule has 5 nitrogen and oxygen atoms in total. The zero-order valence-corrected chi connectivity index (χ0v) is 14.9. The molecule has 0 radical (unpaired) electrons. The molecule has 1 aliphatic rings. The highest BCUT2D eigenvalue weighted by Gasteiger charge is 2.19. The van der Waals surface area contributed by atoms with Crippen LogP contribution in [0.15, 0.2) is 18.2 Å². The van der Waals surface area contributed by atoms with Crippen LogP contribution in [-0.4, -0.2) is 27.5 Å². The molecule has 1 aliphatic heterocycles. The van der Waals surface area contributed by atoms with Crippen LogP contribution in [0.2, 0.25) is 10.0 Å². The van der Waals surface area contributed by atoms with Crippen LogP contribution in [0, 0.1) is 5.92 Å². The van der Waals surface area contributed by atoms with E-state index in [1.807, 2.05) is 0 Å². The van der Waals surface area contributed by atoms with Gasteiger partial charge in [0.05, 0.1) is 5.75 Å². The van der Waals surface area contributed by atoms with E-state index in [4.69, 9.17) is 27.9 Å². The number of amides is 1. The molecule has 2 rings (SSSR count). The summed E-state index contributed by atoms with van der Waals surface area (Å²) >= 11 is 11.7. The summed E-state index contributed by atoms with van der Waals surface area (Å²) in [4.78, 5) is 11.9. The van der Waals surface area contributed by atoms with Gasteiger partial charge in [-0.2, -0.15) is 0 Å². The van der Waals surface area contributed by atoms with Crippen molar-refractivity contribution in [1.82, 2.24) is 4.72 Å². The summed E-state index contributed by atoms with van der Waals surface area (Å²) in [5.41, 5.74) is 0.437. The lowest BCUT2D eigenvalue weighted by Gasteiger charge is -2.21. The predicted octanol–water partition coefficient (Wildman–Crippen LogP) is 3.15. The maximum absolute atomic E-state index is 12.0. The van der Waals surface area contributed by atoms with Crippen molar-refractivity contribution < 1.29 is 17.9 Å². The Bertz CT molecular complexity index is 637. The van der Waals surface area contributed by atoms with Gasteiger partial charge in [0, 0.05) is 29.7 Å². The third kappa shape index (κ3) is 6.67. The first kappa shape index (κ1) is 18.5. The summed E-state index contributed by atoms with van der Waals surface area (Å²) in [6.45, 7) is 1.42. The Morgan fingerprint density at radius 3 is 2.39 bits per heavy atom. The number of benzene rings is 1. The predicted molar refractivity (Wildman–Crippen MR) is 90.0 cm³/mol. The Hall–Kier alpha value is -0.820. The van der Waals surface area contributed by atoms with Gasteiger partial charge in [0.15, 0.2) is 0 Å². The molecule has 1 amide bonds. The molecule has 0 aromatic heterocycles. The number of hydrogen-bond donors (Lipinski definition) is 1. The van der Waals surface area contributed by atoms with Crippen molar-refractivity contribution in [2.45, 2.75) is 31.4 Å². The van der Waals surface area contributed by atoms with Crippen molar-refractivity contribution in [3.63, 3.8) is 0 Å². The number of nitrogens with one attached hydrogen (secondary N) is 1. The van der Waals surface area contributed by atoms with Gasteiger partial charge in [-0.05, 0) is 48.9 Å². The minimum atomic E-state index is -3.76. The van der Waals surface area contributed by atoms with Gasteiger partial charge in [0.2, 0.25) is 15.9 Å². The number of carbonyl (C=O) groups excluding carboxylic acids is 1. The van der Waals surface area contributed by atoms with E-state index in [9.17, 15) is 13.2 Å². The lowest BCUT2D eigenvalue weighted by molar-refractivity contribution is -0.119. The monoisotopic (exact) mass is 379 g/mol. The molecule has 0 spiro atoms. The molecule has 0 aliphatic carbocycles. The fourth-order valence-electron chi connectivity index (χ4n) is 2.54. The minimum absolute atomic E-state index is 0.195. The van der Waals surface area contributed by atoms with E-state index >= 15 is 0 Å². The zero-order valence-electron chi connectivity index (χ0n) is 12.6. The van der Waals surface area contributed by atoms with Gasteiger partial charge in [0.1, 0.15) is 0 Å². The van der Waals surface area contributed by atoms with Crippen molar-refractivity contribution in [2.24, 2.45) is 5.92 Å². The second-order valence-corrected chi connectivity index (χ2v) is 8.25. The first-order chi connectivity index (χ1) is 10.8. The van der Waals surface area contributed by atoms with E-state index in [1.165, 1.54) is 18.2 Å². The van der Waals surface area contributed by atoms with Gasteiger partial charge in [-0.15, -0.1) is 0 Å². The van der Waals surface area contributed by atoms with Gasteiger partial charge < -0.3 is 4.74 Å². The van der Waals surface area contributed by atoms with Gasteiger partial charge >= 0.3 is 0 Å². The summed E-state index contributed by atoms with van der Waals surface area (Å²) in [5, 5.41) is 0.710. The second-order valence-electron chi connectivity index (χ2n) is 5.66. The second kappa shape index (κ2) is 8.33. The minimum Gasteiger partial charge on any atom is -0.381 e. The van der Waals surface area contributed by atoms with Crippen molar-refractivity contribution in [3.05, 3.63) is 33.8 Å². The molecular weight excluding hydrogens is 361 g/mol. The van der Waals surface area contributed by atoms with Gasteiger partial charge in [-0.1, -0.05) is 23.2 Å². The van der Waals surface area contributed by atoms with Gasteiger partial charge in [-0.3, -0.25) is 9.52 Å². The maximum atomic E-state index is 12.0. The molecule has 0 atom stereocenters. The first-order valence-electron chi connectivity index (χ1n) is 7.40. The van der Waals surface area contributed by atoms with Crippen molar-refractivity contribution >= 4 is 39.1 Å². The number of halogens is 2. The summed E-state index contributed by atoms with van der Waals surface area (Å²) < 4.78 is 31.4. The Balaban J connectivity index is 1.85. The highest BCUT2D eigenvalue weighted by molar-refractivity contribution is 7.89. The summed E-state index contributed by atoms with van der Waals surface area (Å²) in [6, 6.07) is 4.55. The molecule has 8 heteroatoms. The molecular formula is C15H19Cl2NO4S. The molecule has 128 valence electrons. The van der Waals surface area contributed by atoms with Crippen LogP contribution >= 0.6 is 23.2 Å². The van der Waals surface area contributed by atoms with Crippen molar-refractivity contribution in [3.8, 4) is 0 Å². The summed E-state index contributed by atoms with van der Waals surface area (Å²) in [7, 11) is -3.76. The SMILES string of the molecule is O=C(CCC1CCOCC1)NS(=O)(=O)Cc1cc(Cl)cc(Cl)c1. The molecule has 1 heterocycles. The number of rotatable bonds is 6. The van der Waals surface area contributed by atoms with Crippen LogP contribution in [0.4, 0.5) is 0 Å². The average molecular weight is 380 g/mol. The maximum Gasteiger partial charge on any atom is 0.239 e. The smallest absolute Gasteiger partial charge is 0.239 e. The Kier molecular flexibility index (Phi) is 6.71. The number of carbonyl (C=O) groups is 1. The molecule has 0 saturated carbocycles. The zero-order chi connectivity index (χ0) is 16.9. The van der Waals surface area contributed by atoms with E-state index in [1.54, 1.807) is 0 Å². The van der Waals surface area contributed by atoms with E-state index in [2.05, 4.69) is 4.72 Å². The topological polar surface area (TPSA) is 72.5 Å².